The maximum Gasteiger partial charge on any atom is 0.200 e. The van der Waals surface area contributed by atoms with Gasteiger partial charge in [-0.15, -0.1) is 6.42 Å². The molecular formula is C13H15N5O4S. The number of nitrogens with zero attached hydrogens (tertiary/aromatic N) is 3. The Labute approximate surface area is 135 Å². The molecule has 3 heterocycles. The van der Waals surface area contributed by atoms with Crippen molar-refractivity contribution in [3.8, 4) is 12.3 Å². The molecule has 4 atom stereocenters. The number of aliphatic hydroxyl groups is 3. The van der Waals surface area contributed by atoms with Crippen molar-refractivity contribution >= 4 is 29.3 Å². The summed E-state index contributed by atoms with van der Waals surface area (Å²) in [7, 11) is 0. The molecule has 2 aromatic heterocycles. The zero-order chi connectivity index (χ0) is 16.8. The van der Waals surface area contributed by atoms with Gasteiger partial charge in [0.15, 0.2) is 22.4 Å². The summed E-state index contributed by atoms with van der Waals surface area (Å²) in [6.07, 6.45) is 4.94. The van der Waals surface area contributed by atoms with Crippen molar-refractivity contribution in [1.82, 2.24) is 19.5 Å². The van der Waals surface area contributed by atoms with Crippen molar-refractivity contribution in [1.29, 1.82) is 0 Å². The summed E-state index contributed by atoms with van der Waals surface area (Å²) in [4.78, 5) is 10.8. The van der Waals surface area contributed by atoms with E-state index in [1.54, 1.807) is 0 Å². The fourth-order valence-corrected chi connectivity index (χ4v) is 3.09. The zero-order valence-corrected chi connectivity index (χ0v) is 12.7. The molecule has 1 saturated heterocycles. The lowest BCUT2D eigenvalue weighted by atomic mass is 9.86. The second-order valence-electron chi connectivity index (χ2n) is 5.24. The molecule has 23 heavy (non-hydrogen) atoms. The Morgan fingerprint density at radius 1 is 1.52 bits per heavy atom. The number of hydrogen-bond donors (Lipinski definition) is 5. The van der Waals surface area contributed by atoms with Gasteiger partial charge in [-0.25, -0.2) is 9.97 Å². The third-order valence-electron chi connectivity index (χ3n) is 4.02. The Hall–Kier alpha value is -2.03. The average Bonchev–Trinajstić information content (AvgIpc) is 3.06. The van der Waals surface area contributed by atoms with Crippen LogP contribution in [-0.2, 0) is 4.74 Å². The number of anilines is 1. The number of hydrogen-bond acceptors (Lipinski definition) is 8. The van der Waals surface area contributed by atoms with Crippen molar-refractivity contribution in [3.05, 3.63) is 11.0 Å². The Bertz CT molecular complexity index is 843. The van der Waals surface area contributed by atoms with E-state index < -0.39 is 37.1 Å². The Morgan fingerprint density at radius 2 is 2.26 bits per heavy atom. The molecule has 6 N–H and O–H groups in total. The SMILES string of the molecule is C#CC1(O)C(CO)[C@@H](CO)O[C@H]1n1cnc2c(=S)nc(N)[nH]c21. The lowest BCUT2D eigenvalue weighted by Gasteiger charge is -2.28. The van der Waals surface area contributed by atoms with Gasteiger partial charge in [0, 0.05) is 0 Å². The molecule has 9 nitrogen and oxygen atoms in total. The molecular weight excluding hydrogens is 322 g/mol. The molecule has 0 aliphatic carbocycles. The number of ether oxygens (including phenoxy) is 1. The number of nitrogens with two attached hydrogens (primary N) is 1. The van der Waals surface area contributed by atoms with Crippen LogP contribution in [0.4, 0.5) is 5.95 Å². The quantitative estimate of drug-likeness (QED) is 0.352. The number of fused-ring (bicyclic) bond motifs is 1. The molecule has 10 heteroatoms. The molecule has 0 radical (unpaired) electrons. The van der Waals surface area contributed by atoms with Crippen molar-refractivity contribution in [2.45, 2.75) is 17.9 Å². The fraction of sp³-hybridized carbons (Fsp3) is 0.462. The highest BCUT2D eigenvalue weighted by molar-refractivity contribution is 7.71. The third kappa shape index (κ3) is 2.21. The van der Waals surface area contributed by atoms with Crippen LogP contribution in [-0.4, -0.2) is 59.8 Å². The van der Waals surface area contributed by atoms with E-state index in [2.05, 4.69) is 20.9 Å². The highest BCUT2D eigenvalue weighted by Gasteiger charge is 2.55. The van der Waals surface area contributed by atoms with Crippen molar-refractivity contribution in [2.24, 2.45) is 5.92 Å². The number of nitrogen functional groups attached to an aromatic ring is 1. The maximum absolute atomic E-state index is 10.8. The average molecular weight is 337 g/mol. The van der Waals surface area contributed by atoms with Crippen LogP contribution in [0.2, 0.25) is 0 Å². The lowest BCUT2D eigenvalue weighted by molar-refractivity contribution is -0.0706. The van der Waals surface area contributed by atoms with Gasteiger partial charge in [-0.2, -0.15) is 0 Å². The van der Waals surface area contributed by atoms with E-state index in [1.807, 2.05) is 0 Å². The molecule has 2 unspecified atom stereocenters. The minimum atomic E-state index is -1.84. The molecule has 122 valence electrons. The van der Waals surface area contributed by atoms with Gasteiger partial charge in [-0.3, -0.25) is 4.57 Å². The zero-order valence-electron chi connectivity index (χ0n) is 11.9. The van der Waals surface area contributed by atoms with E-state index in [-0.39, 0.29) is 10.6 Å². The van der Waals surface area contributed by atoms with Crippen molar-refractivity contribution < 1.29 is 20.1 Å². The van der Waals surface area contributed by atoms with Crippen LogP contribution < -0.4 is 5.73 Å². The van der Waals surface area contributed by atoms with E-state index in [9.17, 15) is 15.3 Å². The van der Waals surface area contributed by atoms with Crippen molar-refractivity contribution in [2.75, 3.05) is 18.9 Å². The number of nitrogens with one attached hydrogen (secondary N) is 1. The molecule has 0 amide bonds. The first-order valence-corrected chi connectivity index (χ1v) is 7.16. The molecule has 3 rings (SSSR count). The van der Waals surface area contributed by atoms with Gasteiger partial charge in [-0.1, -0.05) is 18.1 Å². The molecule has 1 aliphatic heterocycles. The summed E-state index contributed by atoms with van der Waals surface area (Å²) in [6.45, 7) is -0.854. The summed E-state index contributed by atoms with van der Waals surface area (Å²) >= 11 is 5.10. The smallest absolute Gasteiger partial charge is 0.200 e. The molecule has 0 aromatic carbocycles. The van der Waals surface area contributed by atoms with Gasteiger partial charge in [0.05, 0.1) is 31.6 Å². The number of imidazole rings is 1. The first-order valence-electron chi connectivity index (χ1n) is 6.76. The van der Waals surface area contributed by atoms with Crippen LogP contribution >= 0.6 is 12.2 Å². The number of aliphatic hydroxyl groups excluding tert-OH is 2. The van der Waals surface area contributed by atoms with E-state index in [0.717, 1.165) is 0 Å². The second-order valence-corrected chi connectivity index (χ2v) is 5.63. The van der Waals surface area contributed by atoms with Gasteiger partial charge >= 0.3 is 0 Å². The summed E-state index contributed by atoms with van der Waals surface area (Å²) in [6, 6.07) is 0. The van der Waals surface area contributed by atoms with Gasteiger partial charge in [0.25, 0.3) is 0 Å². The first-order chi connectivity index (χ1) is 11.0. The lowest BCUT2D eigenvalue weighted by Crippen LogP contribution is -2.43. The molecule has 2 aromatic rings. The largest absolute Gasteiger partial charge is 0.396 e. The van der Waals surface area contributed by atoms with Crippen LogP contribution in [0.5, 0.6) is 0 Å². The van der Waals surface area contributed by atoms with Crippen molar-refractivity contribution in [3.63, 3.8) is 0 Å². The summed E-state index contributed by atoms with van der Waals surface area (Å²) in [5.41, 5.74) is 4.55. The van der Waals surface area contributed by atoms with E-state index >= 15 is 0 Å². The predicted octanol–water partition coefficient (Wildman–Crippen LogP) is -1.07. The van der Waals surface area contributed by atoms with E-state index in [4.69, 9.17) is 29.1 Å². The molecule has 0 saturated carbocycles. The first kappa shape index (κ1) is 15.9. The van der Waals surface area contributed by atoms with Gasteiger partial charge in [0.1, 0.15) is 11.2 Å². The van der Waals surface area contributed by atoms with Gasteiger partial charge < -0.3 is 30.8 Å². The number of aromatic amines is 1. The van der Waals surface area contributed by atoms with Crippen LogP contribution in [0.1, 0.15) is 6.23 Å². The normalized spacial score (nSPS) is 30.6. The van der Waals surface area contributed by atoms with E-state index in [1.165, 1.54) is 10.9 Å². The van der Waals surface area contributed by atoms with Gasteiger partial charge in [-0.05, 0) is 0 Å². The van der Waals surface area contributed by atoms with Gasteiger partial charge in [0.2, 0.25) is 0 Å². The minimum Gasteiger partial charge on any atom is -0.396 e. The molecule has 0 spiro atoms. The maximum atomic E-state index is 10.8. The Balaban J connectivity index is 2.18. The number of terminal acetylenes is 1. The fourth-order valence-electron chi connectivity index (χ4n) is 2.84. The highest BCUT2D eigenvalue weighted by atomic mass is 32.1. The minimum absolute atomic E-state index is 0.0731. The Morgan fingerprint density at radius 3 is 2.87 bits per heavy atom. The standard InChI is InChI=1S/C13H15N5O4S/c1-2-13(21)6(3-19)7(4-20)22-11(13)18-5-15-8-9(18)16-12(14)17-10(8)23/h1,5-7,11,19-21H,3-4H2,(H3,14,16,17,23)/t6?,7-,11-,13?/m1/s1. The number of rotatable bonds is 3. The van der Waals surface area contributed by atoms with E-state index in [0.29, 0.717) is 11.2 Å². The number of H-pyrrole nitrogens is 1. The third-order valence-corrected chi connectivity index (χ3v) is 4.30. The monoisotopic (exact) mass is 337 g/mol. The Kier molecular flexibility index (Phi) is 3.83. The van der Waals surface area contributed by atoms with Crippen LogP contribution in [0, 0.1) is 22.9 Å². The summed E-state index contributed by atoms with van der Waals surface area (Å²) < 4.78 is 7.28. The van der Waals surface area contributed by atoms with Crippen LogP contribution in [0.15, 0.2) is 6.33 Å². The molecule has 1 fully saturated rings. The topological polar surface area (TPSA) is 142 Å². The summed E-state index contributed by atoms with van der Waals surface area (Å²) in [5.74, 6) is 1.48. The number of aromatic nitrogens is 4. The van der Waals surface area contributed by atoms with Crippen LogP contribution in [0.25, 0.3) is 11.2 Å². The summed E-state index contributed by atoms with van der Waals surface area (Å²) in [5, 5.41) is 29.8. The van der Waals surface area contributed by atoms with Crippen LogP contribution in [0.3, 0.4) is 0 Å². The molecule has 0 bridgehead atoms. The highest BCUT2D eigenvalue weighted by Crippen LogP contribution is 2.43. The predicted molar refractivity (Wildman–Crippen MR) is 82.5 cm³/mol. The molecule has 1 aliphatic rings. The second kappa shape index (κ2) is 5.55.